The lowest BCUT2D eigenvalue weighted by molar-refractivity contribution is -0.141. The predicted molar refractivity (Wildman–Crippen MR) is 106 cm³/mol. The van der Waals surface area contributed by atoms with Gasteiger partial charge in [0.15, 0.2) is 0 Å². The van der Waals surface area contributed by atoms with Crippen molar-refractivity contribution in [2.75, 3.05) is 26.2 Å². The molecular weight excluding hydrogens is 376 g/mol. The van der Waals surface area contributed by atoms with Crippen molar-refractivity contribution < 1.29 is 17.4 Å². The van der Waals surface area contributed by atoms with Gasteiger partial charge in [0.05, 0.1) is 11.0 Å². The quantitative estimate of drug-likeness (QED) is 0.703. The van der Waals surface area contributed by atoms with Gasteiger partial charge in [0, 0.05) is 38.1 Å². The first kappa shape index (κ1) is 19.9. The van der Waals surface area contributed by atoms with E-state index in [2.05, 4.69) is 4.90 Å². The first-order valence-corrected chi connectivity index (χ1v) is 11.9. The molecule has 0 bridgehead atoms. The second-order valence-corrected chi connectivity index (χ2v) is 10.0. The maximum atomic E-state index is 12.8. The van der Waals surface area contributed by atoms with Crippen LogP contribution in [0.4, 0.5) is 0 Å². The molecular formula is C21H30N2O4S. The number of nitrogens with zero attached hydrogens (tertiary/aromatic N) is 2. The Bertz CT molecular complexity index is 798. The van der Waals surface area contributed by atoms with Crippen LogP contribution in [0.2, 0.25) is 0 Å². The zero-order chi connectivity index (χ0) is 19.7. The van der Waals surface area contributed by atoms with Crippen molar-refractivity contribution in [3.63, 3.8) is 0 Å². The summed E-state index contributed by atoms with van der Waals surface area (Å²) in [6, 6.07) is 7.38. The van der Waals surface area contributed by atoms with E-state index in [-0.39, 0.29) is 16.7 Å². The third-order valence-electron chi connectivity index (χ3n) is 6.45. The molecule has 0 radical (unpaired) electrons. The van der Waals surface area contributed by atoms with Crippen molar-refractivity contribution in [3.05, 3.63) is 29.8 Å². The molecule has 1 aromatic rings. The minimum Gasteiger partial charge on any atom is -0.341 e. The lowest BCUT2D eigenvalue weighted by atomic mass is 9.81. The lowest BCUT2D eigenvalue weighted by Gasteiger charge is -2.38. The van der Waals surface area contributed by atoms with E-state index in [0.717, 1.165) is 44.2 Å². The molecule has 0 atom stereocenters. The van der Waals surface area contributed by atoms with Gasteiger partial charge >= 0.3 is 0 Å². The molecule has 0 aromatic heterocycles. The highest BCUT2D eigenvalue weighted by Gasteiger charge is 2.40. The van der Waals surface area contributed by atoms with E-state index in [1.54, 1.807) is 24.3 Å². The second-order valence-electron chi connectivity index (χ2n) is 8.45. The monoisotopic (exact) mass is 406 g/mol. The van der Waals surface area contributed by atoms with Gasteiger partial charge in [-0.05, 0) is 51.2 Å². The SMILES string of the molecule is Cc1ccc(S(=O)(=O)OC2CC(C(=O)N3CCCN(C4CCC4)CC3)C2)cc1. The van der Waals surface area contributed by atoms with Crippen LogP contribution in [0, 0.1) is 12.8 Å². The highest BCUT2D eigenvalue weighted by Crippen LogP contribution is 2.34. The van der Waals surface area contributed by atoms with E-state index in [1.165, 1.54) is 19.3 Å². The fourth-order valence-corrected chi connectivity index (χ4v) is 5.41. The van der Waals surface area contributed by atoms with Crippen molar-refractivity contribution in [2.45, 2.75) is 62.5 Å². The van der Waals surface area contributed by atoms with E-state index < -0.39 is 16.2 Å². The summed E-state index contributed by atoms with van der Waals surface area (Å²) in [5.74, 6) is 0.0662. The molecule has 3 aliphatic rings. The number of benzene rings is 1. The summed E-state index contributed by atoms with van der Waals surface area (Å²) in [4.78, 5) is 17.5. The van der Waals surface area contributed by atoms with Crippen LogP contribution in [0.1, 0.15) is 44.1 Å². The van der Waals surface area contributed by atoms with Crippen molar-refractivity contribution in [1.82, 2.24) is 9.80 Å². The number of carbonyl (C=O) groups is 1. The first-order valence-electron chi connectivity index (χ1n) is 10.5. The smallest absolute Gasteiger partial charge is 0.297 e. The van der Waals surface area contributed by atoms with Gasteiger partial charge in [0.2, 0.25) is 5.91 Å². The summed E-state index contributed by atoms with van der Waals surface area (Å²) in [7, 11) is -3.76. The largest absolute Gasteiger partial charge is 0.341 e. The second kappa shape index (κ2) is 8.13. The van der Waals surface area contributed by atoms with Crippen LogP contribution in [0.15, 0.2) is 29.2 Å². The van der Waals surface area contributed by atoms with Gasteiger partial charge in [-0.2, -0.15) is 8.42 Å². The maximum absolute atomic E-state index is 12.8. The van der Waals surface area contributed by atoms with Crippen molar-refractivity contribution in [3.8, 4) is 0 Å². The summed E-state index contributed by atoms with van der Waals surface area (Å²) in [6.45, 7) is 5.56. The van der Waals surface area contributed by atoms with Crippen LogP contribution in [-0.4, -0.2) is 62.4 Å². The van der Waals surface area contributed by atoms with Gasteiger partial charge < -0.3 is 4.90 Å². The molecule has 4 rings (SSSR count). The Labute approximate surface area is 168 Å². The van der Waals surface area contributed by atoms with Gasteiger partial charge in [-0.3, -0.25) is 13.9 Å². The molecule has 0 unspecified atom stereocenters. The zero-order valence-corrected chi connectivity index (χ0v) is 17.4. The summed E-state index contributed by atoms with van der Waals surface area (Å²) >= 11 is 0. The fourth-order valence-electron chi connectivity index (χ4n) is 4.32. The predicted octanol–water partition coefficient (Wildman–Crippen LogP) is 2.57. The molecule has 28 heavy (non-hydrogen) atoms. The van der Waals surface area contributed by atoms with Gasteiger partial charge in [-0.25, -0.2) is 0 Å². The number of rotatable bonds is 5. The summed E-state index contributed by atoms with van der Waals surface area (Å²) in [6.07, 6.45) is 5.55. The molecule has 0 N–H and O–H groups in total. The van der Waals surface area contributed by atoms with Crippen LogP contribution in [-0.2, 0) is 19.1 Å². The fraction of sp³-hybridized carbons (Fsp3) is 0.667. The van der Waals surface area contributed by atoms with E-state index in [9.17, 15) is 13.2 Å². The maximum Gasteiger partial charge on any atom is 0.297 e. The van der Waals surface area contributed by atoms with Gasteiger partial charge in [-0.15, -0.1) is 0 Å². The summed E-state index contributed by atoms with van der Waals surface area (Å²) in [5.41, 5.74) is 1.00. The number of aryl methyl sites for hydroxylation is 1. The Morgan fingerprint density at radius 3 is 2.36 bits per heavy atom. The van der Waals surface area contributed by atoms with E-state index in [1.807, 2.05) is 11.8 Å². The Hall–Kier alpha value is -1.44. The van der Waals surface area contributed by atoms with Crippen LogP contribution in [0.3, 0.4) is 0 Å². The standard InChI is InChI=1S/C21H30N2O4S/c1-16-6-8-20(9-7-16)28(25,26)27-19-14-17(15-19)21(24)23-11-3-10-22(12-13-23)18-4-2-5-18/h6-9,17-19H,2-5,10-15H2,1H3. The van der Waals surface area contributed by atoms with Crippen LogP contribution in [0.5, 0.6) is 0 Å². The molecule has 6 nitrogen and oxygen atoms in total. The summed E-state index contributed by atoms with van der Waals surface area (Å²) < 4.78 is 30.1. The number of hydrogen-bond acceptors (Lipinski definition) is 5. The molecule has 1 aromatic carbocycles. The summed E-state index contributed by atoms with van der Waals surface area (Å²) in [5, 5.41) is 0. The average molecular weight is 407 g/mol. The third-order valence-corrected chi connectivity index (χ3v) is 7.82. The van der Waals surface area contributed by atoms with Crippen LogP contribution >= 0.6 is 0 Å². The molecule has 2 aliphatic carbocycles. The number of amides is 1. The lowest BCUT2D eigenvalue weighted by Crippen LogP contribution is -2.47. The Kier molecular flexibility index (Phi) is 5.76. The third kappa shape index (κ3) is 4.26. The highest BCUT2D eigenvalue weighted by atomic mass is 32.2. The van der Waals surface area contributed by atoms with E-state index >= 15 is 0 Å². The van der Waals surface area contributed by atoms with Gasteiger partial charge in [-0.1, -0.05) is 24.1 Å². The van der Waals surface area contributed by atoms with Crippen LogP contribution in [0.25, 0.3) is 0 Å². The average Bonchev–Trinajstić information content (AvgIpc) is 2.82. The molecule has 2 saturated carbocycles. The molecule has 3 fully saturated rings. The minimum atomic E-state index is -3.76. The van der Waals surface area contributed by atoms with Gasteiger partial charge in [0.1, 0.15) is 0 Å². The molecule has 7 heteroatoms. The number of carbonyl (C=O) groups excluding carboxylic acids is 1. The molecule has 1 aliphatic heterocycles. The van der Waals surface area contributed by atoms with Crippen molar-refractivity contribution in [1.29, 1.82) is 0 Å². The Morgan fingerprint density at radius 1 is 1.00 bits per heavy atom. The molecule has 1 heterocycles. The van der Waals surface area contributed by atoms with Crippen molar-refractivity contribution >= 4 is 16.0 Å². The molecule has 0 spiro atoms. The molecule has 1 amide bonds. The topological polar surface area (TPSA) is 66.9 Å². The minimum absolute atomic E-state index is 0.103. The normalized spacial score (nSPS) is 27.0. The van der Waals surface area contributed by atoms with Gasteiger partial charge in [0.25, 0.3) is 10.1 Å². The zero-order valence-electron chi connectivity index (χ0n) is 16.5. The van der Waals surface area contributed by atoms with Crippen molar-refractivity contribution in [2.24, 2.45) is 5.92 Å². The number of hydrogen-bond donors (Lipinski definition) is 0. The Balaban J connectivity index is 1.26. The molecule has 154 valence electrons. The highest BCUT2D eigenvalue weighted by molar-refractivity contribution is 7.86. The van der Waals surface area contributed by atoms with E-state index in [0.29, 0.717) is 12.8 Å². The van der Waals surface area contributed by atoms with Crippen LogP contribution < -0.4 is 0 Å². The molecule has 1 saturated heterocycles. The Morgan fingerprint density at radius 2 is 1.71 bits per heavy atom. The van der Waals surface area contributed by atoms with E-state index in [4.69, 9.17) is 4.18 Å². The first-order chi connectivity index (χ1) is 13.4.